The summed E-state index contributed by atoms with van der Waals surface area (Å²) in [7, 11) is 1.89. The topological polar surface area (TPSA) is 51.5 Å². The van der Waals surface area contributed by atoms with E-state index in [2.05, 4.69) is 32.0 Å². The van der Waals surface area contributed by atoms with Gasteiger partial charge in [-0.2, -0.15) is 0 Å². The summed E-state index contributed by atoms with van der Waals surface area (Å²) in [5.41, 5.74) is 4.35. The molecule has 1 aromatic carbocycles. The summed E-state index contributed by atoms with van der Waals surface area (Å²) in [5, 5.41) is 0. The number of carbonyl (C=O) groups excluding carboxylic acids is 2. The smallest absolute Gasteiger partial charge is 0.306 e. The summed E-state index contributed by atoms with van der Waals surface area (Å²) in [6.45, 7) is 5.29. The lowest BCUT2D eigenvalue weighted by atomic mass is 9.99. The maximum Gasteiger partial charge on any atom is 0.306 e. The van der Waals surface area contributed by atoms with Gasteiger partial charge in [0.2, 0.25) is 0 Å². The first-order chi connectivity index (χ1) is 14.0. The van der Waals surface area contributed by atoms with E-state index in [4.69, 9.17) is 4.74 Å². The van der Waals surface area contributed by atoms with Gasteiger partial charge < -0.3 is 14.2 Å². The molecule has 1 unspecified atom stereocenters. The van der Waals surface area contributed by atoms with Crippen molar-refractivity contribution in [3.05, 3.63) is 58.9 Å². The van der Waals surface area contributed by atoms with Crippen LogP contribution in [0.2, 0.25) is 0 Å². The molecule has 0 saturated carbocycles. The zero-order valence-corrected chi connectivity index (χ0v) is 17.8. The Morgan fingerprint density at radius 1 is 1.17 bits per heavy atom. The van der Waals surface area contributed by atoms with Crippen LogP contribution in [0.1, 0.15) is 59.3 Å². The second-order valence-electron chi connectivity index (χ2n) is 8.09. The van der Waals surface area contributed by atoms with E-state index in [0.717, 1.165) is 25.8 Å². The summed E-state index contributed by atoms with van der Waals surface area (Å²) in [5.74, 6) is -0.0931. The molecule has 2 heterocycles. The average Bonchev–Trinajstić information content (AvgIpc) is 3.13. The van der Waals surface area contributed by atoms with Crippen LogP contribution in [0.25, 0.3) is 0 Å². The standard InChI is InChI=1S/C24H32N2O3/c1-18-9-10-20(19(2)17-18)11-12-23(27)29-16-13-21-7-4-5-15-26(21)24(28)22-8-6-14-25(22)3/h6,8-10,14,17,21H,4-5,7,11-13,15-16H2,1-3H3. The third-order valence-corrected chi connectivity index (χ3v) is 5.86. The quantitative estimate of drug-likeness (QED) is 0.659. The number of hydrogen-bond acceptors (Lipinski definition) is 3. The van der Waals surface area contributed by atoms with Crippen molar-refractivity contribution in [2.45, 2.75) is 58.4 Å². The summed E-state index contributed by atoms with van der Waals surface area (Å²) in [4.78, 5) is 27.0. The molecule has 156 valence electrons. The molecule has 1 aliphatic heterocycles. The molecule has 0 spiro atoms. The zero-order valence-electron chi connectivity index (χ0n) is 17.8. The molecule has 1 atom stereocenters. The van der Waals surface area contributed by atoms with Crippen molar-refractivity contribution in [1.29, 1.82) is 0 Å². The number of amides is 1. The van der Waals surface area contributed by atoms with Crippen LogP contribution < -0.4 is 0 Å². The normalized spacial score (nSPS) is 16.7. The highest BCUT2D eigenvalue weighted by Crippen LogP contribution is 2.22. The van der Waals surface area contributed by atoms with Crippen LogP contribution in [0.4, 0.5) is 0 Å². The Hall–Kier alpha value is -2.56. The first kappa shape index (κ1) is 21.2. The van der Waals surface area contributed by atoms with Gasteiger partial charge in [-0.05, 0) is 62.8 Å². The molecule has 0 radical (unpaired) electrons. The lowest BCUT2D eigenvalue weighted by Crippen LogP contribution is -2.44. The van der Waals surface area contributed by atoms with Crippen molar-refractivity contribution in [2.24, 2.45) is 7.05 Å². The number of esters is 1. The second-order valence-corrected chi connectivity index (χ2v) is 8.09. The van der Waals surface area contributed by atoms with Gasteiger partial charge in [-0.25, -0.2) is 0 Å². The van der Waals surface area contributed by atoms with Gasteiger partial charge in [0.1, 0.15) is 5.69 Å². The van der Waals surface area contributed by atoms with Crippen LogP contribution in [0.5, 0.6) is 0 Å². The van der Waals surface area contributed by atoms with Gasteiger partial charge in [-0.15, -0.1) is 0 Å². The van der Waals surface area contributed by atoms with E-state index in [1.54, 1.807) is 0 Å². The Balaban J connectivity index is 1.47. The van der Waals surface area contributed by atoms with Gasteiger partial charge in [0.25, 0.3) is 5.91 Å². The average molecular weight is 397 g/mol. The number of aryl methyl sites for hydroxylation is 4. The van der Waals surface area contributed by atoms with Crippen LogP contribution in [0, 0.1) is 13.8 Å². The molecule has 0 N–H and O–H groups in total. The minimum Gasteiger partial charge on any atom is -0.466 e. The summed E-state index contributed by atoms with van der Waals surface area (Å²) in [6.07, 6.45) is 6.79. The lowest BCUT2D eigenvalue weighted by Gasteiger charge is -2.35. The molecular formula is C24H32N2O3. The molecule has 0 aliphatic carbocycles. The second kappa shape index (κ2) is 9.77. The van der Waals surface area contributed by atoms with Crippen molar-refractivity contribution in [3.8, 4) is 0 Å². The SMILES string of the molecule is Cc1ccc(CCC(=O)OCCC2CCCCN2C(=O)c2cccn2C)c(C)c1. The van der Waals surface area contributed by atoms with Crippen LogP contribution in [0.3, 0.4) is 0 Å². The zero-order chi connectivity index (χ0) is 20.8. The Kier molecular flexibility index (Phi) is 7.13. The molecule has 0 bridgehead atoms. The van der Waals surface area contributed by atoms with Crippen LogP contribution in [0.15, 0.2) is 36.5 Å². The van der Waals surface area contributed by atoms with E-state index in [1.165, 1.54) is 16.7 Å². The highest BCUT2D eigenvalue weighted by molar-refractivity contribution is 5.93. The van der Waals surface area contributed by atoms with Crippen molar-refractivity contribution in [1.82, 2.24) is 9.47 Å². The van der Waals surface area contributed by atoms with E-state index in [1.807, 2.05) is 34.8 Å². The van der Waals surface area contributed by atoms with Gasteiger partial charge in [0, 0.05) is 38.7 Å². The molecule has 29 heavy (non-hydrogen) atoms. The molecule has 1 fully saturated rings. The molecule has 1 aromatic heterocycles. The number of ether oxygens (including phenoxy) is 1. The monoisotopic (exact) mass is 396 g/mol. The maximum absolute atomic E-state index is 12.9. The third kappa shape index (κ3) is 5.49. The Morgan fingerprint density at radius 2 is 2.00 bits per heavy atom. The maximum atomic E-state index is 12.9. The molecule has 1 saturated heterocycles. The first-order valence-electron chi connectivity index (χ1n) is 10.6. The Morgan fingerprint density at radius 3 is 2.72 bits per heavy atom. The number of benzene rings is 1. The third-order valence-electron chi connectivity index (χ3n) is 5.86. The van der Waals surface area contributed by atoms with Crippen LogP contribution in [-0.2, 0) is 23.0 Å². The predicted octanol–water partition coefficient (Wildman–Crippen LogP) is 4.20. The van der Waals surface area contributed by atoms with Crippen molar-refractivity contribution < 1.29 is 14.3 Å². The minimum absolute atomic E-state index is 0.0726. The van der Waals surface area contributed by atoms with Gasteiger partial charge in [0.15, 0.2) is 0 Å². The highest BCUT2D eigenvalue weighted by atomic mass is 16.5. The lowest BCUT2D eigenvalue weighted by molar-refractivity contribution is -0.144. The van der Waals surface area contributed by atoms with E-state index in [9.17, 15) is 9.59 Å². The molecular weight excluding hydrogens is 364 g/mol. The minimum atomic E-state index is -0.166. The summed E-state index contributed by atoms with van der Waals surface area (Å²) in [6, 6.07) is 10.2. The van der Waals surface area contributed by atoms with Crippen molar-refractivity contribution >= 4 is 11.9 Å². The Labute approximate surface area is 173 Å². The molecule has 2 aromatic rings. The van der Waals surface area contributed by atoms with Crippen molar-refractivity contribution in [2.75, 3.05) is 13.2 Å². The molecule has 5 nitrogen and oxygen atoms in total. The van der Waals surface area contributed by atoms with Gasteiger partial charge in [-0.1, -0.05) is 23.8 Å². The number of nitrogens with zero attached hydrogens (tertiary/aromatic N) is 2. The highest BCUT2D eigenvalue weighted by Gasteiger charge is 2.28. The largest absolute Gasteiger partial charge is 0.466 e. The fourth-order valence-corrected chi connectivity index (χ4v) is 4.14. The predicted molar refractivity (Wildman–Crippen MR) is 114 cm³/mol. The molecule has 1 amide bonds. The molecule has 1 aliphatic rings. The Bertz CT molecular complexity index is 856. The number of piperidine rings is 1. The summed E-state index contributed by atoms with van der Waals surface area (Å²) >= 11 is 0. The van der Waals surface area contributed by atoms with Gasteiger partial charge in [0.05, 0.1) is 6.61 Å². The molecule has 5 heteroatoms. The number of rotatable bonds is 7. The van der Waals surface area contributed by atoms with E-state index >= 15 is 0 Å². The fourth-order valence-electron chi connectivity index (χ4n) is 4.14. The van der Waals surface area contributed by atoms with E-state index < -0.39 is 0 Å². The van der Waals surface area contributed by atoms with Gasteiger partial charge in [-0.3, -0.25) is 9.59 Å². The number of hydrogen-bond donors (Lipinski definition) is 0. The van der Waals surface area contributed by atoms with Gasteiger partial charge >= 0.3 is 5.97 Å². The summed E-state index contributed by atoms with van der Waals surface area (Å²) < 4.78 is 7.35. The molecule has 3 rings (SSSR count). The number of aromatic nitrogens is 1. The van der Waals surface area contributed by atoms with Crippen molar-refractivity contribution in [3.63, 3.8) is 0 Å². The van der Waals surface area contributed by atoms with Crippen LogP contribution >= 0.6 is 0 Å². The number of carbonyl (C=O) groups is 2. The van der Waals surface area contributed by atoms with E-state index in [0.29, 0.717) is 31.6 Å². The number of likely N-dealkylation sites (tertiary alicyclic amines) is 1. The fraction of sp³-hybridized carbons (Fsp3) is 0.500. The van der Waals surface area contributed by atoms with Crippen LogP contribution in [-0.4, -0.2) is 40.5 Å². The first-order valence-corrected chi connectivity index (χ1v) is 10.6. The van der Waals surface area contributed by atoms with E-state index in [-0.39, 0.29) is 17.9 Å².